The van der Waals surface area contributed by atoms with Crippen LogP contribution in [0.5, 0.6) is 0 Å². The fourth-order valence-electron chi connectivity index (χ4n) is 1.87. The van der Waals surface area contributed by atoms with E-state index in [1.807, 2.05) is 12.1 Å². The van der Waals surface area contributed by atoms with Gasteiger partial charge >= 0.3 is 0 Å². The SMILES string of the molecule is CC(C)CCC(C)Nc1ccc(CS(N)(=O)=O)cc1. The zero-order valence-corrected chi connectivity index (χ0v) is 12.7. The summed E-state index contributed by atoms with van der Waals surface area (Å²) in [6, 6.07) is 7.79. The van der Waals surface area contributed by atoms with Gasteiger partial charge in [-0.15, -0.1) is 0 Å². The summed E-state index contributed by atoms with van der Waals surface area (Å²) in [7, 11) is -3.45. The van der Waals surface area contributed by atoms with Crippen LogP contribution in [0.15, 0.2) is 24.3 Å². The van der Waals surface area contributed by atoms with Crippen LogP contribution in [0.1, 0.15) is 39.2 Å². The first-order valence-corrected chi connectivity index (χ1v) is 8.34. The number of hydrogen-bond acceptors (Lipinski definition) is 3. The first kappa shape index (κ1) is 16.0. The molecule has 1 aromatic rings. The third-order valence-electron chi connectivity index (χ3n) is 2.91. The summed E-state index contributed by atoms with van der Waals surface area (Å²) in [6.07, 6.45) is 2.31. The maximum absolute atomic E-state index is 11.0. The Kier molecular flexibility index (Phi) is 5.82. The highest BCUT2D eigenvalue weighted by Crippen LogP contribution is 2.15. The smallest absolute Gasteiger partial charge is 0.213 e. The molecule has 0 saturated carbocycles. The van der Waals surface area contributed by atoms with Crippen LogP contribution in [0.25, 0.3) is 0 Å². The number of nitrogens with one attached hydrogen (secondary N) is 1. The summed E-state index contributed by atoms with van der Waals surface area (Å²) < 4.78 is 21.9. The number of rotatable bonds is 7. The van der Waals surface area contributed by atoms with E-state index in [-0.39, 0.29) is 5.75 Å². The van der Waals surface area contributed by atoms with Crippen LogP contribution >= 0.6 is 0 Å². The highest BCUT2D eigenvalue weighted by molar-refractivity contribution is 7.88. The highest BCUT2D eigenvalue weighted by atomic mass is 32.2. The zero-order chi connectivity index (χ0) is 14.5. The highest BCUT2D eigenvalue weighted by Gasteiger charge is 2.06. The Labute approximate surface area is 116 Å². The lowest BCUT2D eigenvalue weighted by Gasteiger charge is -2.16. The minimum atomic E-state index is -3.45. The van der Waals surface area contributed by atoms with Crippen LogP contribution in [0.4, 0.5) is 5.69 Å². The summed E-state index contributed by atoms with van der Waals surface area (Å²) >= 11 is 0. The first-order chi connectivity index (χ1) is 8.76. The van der Waals surface area contributed by atoms with Crippen LogP contribution in [0, 0.1) is 5.92 Å². The molecule has 0 fully saturated rings. The van der Waals surface area contributed by atoms with Crippen molar-refractivity contribution in [3.8, 4) is 0 Å². The Morgan fingerprint density at radius 3 is 2.16 bits per heavy atom. The van der Waals surface area contributed by atoms with E-state index < -0.39 is 10.0 Å². The van der Waals surface area contributed by atoms with Crippen molar-refractivity contribution >= 4 is 15.7 Å². The third kappa shape index (κ3) is 7.18. The zero-order valence-electron chi connectivity index (χ0n) is 11.9. The second-order valence-corrected chi connectivity index (χ2v) is 7.14. The molecule has 19 heavy (non-hydrogen) atoms. The number of benzene rings is 1. The lowest BCUT2D eigenvalue weighted by atomic mass is 10.0. The van der Waals surface area contributed by atoms with Gasteiger partial charge in [0, 0.05) is 11.7 Å². The molecule has 0 aliphatic rings. The van der Waals surface area contributed by atoms with E-state index in [1.165, 1.54) is 6.42 Å². The largest absolute Gasteiger partial charge is 0.383 e. The Hall–Kier alpha value is -1.07. The second-order valence-electron chi connectivity index (χ2n) is 5.52. The quantitative estimate of drug-likeness (QED) is 0.808. The maximum atomic E-state index is 11.0. The second kappa shape index (κ2) is 6.91. The molecule has 3 N–H and O–H groups in total. The van der Waals surface area contributed by atoms with E-state index >= 15 is 0 Å². The molecule has 0 radical (unpaired) electrons. The summed E-state index contributed by atoms with van der Waals surface area (Å²) in [5.74, 6) is 0.595. The average Bonchev–Trinajstić information content (AvgIpc) is 2.27. The number of hydrogen-bond donors (Lipinski definition) is 2. The molecule has 1 atom stereocenters. The van der Waals surface area contributed by atoms with Gasteiger partial charge in [-0.1, -0.05) is 26.0 Å². The van der Waals surface area contributed by atoms with E-state index in [0.29, 0.717) is 17.5 Å². The molecule has 0 aliphatic carbocycles. The topological polar surface area (TPSA) is 72.2 Å². The predicted molar refractivity (Wildman–Crippen MR) is 80.4 cm³/mol. The molecular formula is C14H24N2O2S. The van der Waals surface area contributed by atoms with Crippen LogP contribution in [-0.2, 0) is 15.8 Å². The lowest BCUT2D eigenvalue weighted by molar-refractivity contribution is 0.528. The molecule has 0 amide bonds. The van der Waals surface area contributed by atoms with Crippen molar-refractivity contribution in [3.05, 3.63) is 29.8 Å². The Balaban J connectivity index is 2.52. The Morgan fingerprint density at radius 1 is 1.11 bits per heavy atom. The molecule has 0 saturated heterocycles. The molecule has 1 rings (SSSR count). The molecule has 0 heterocycles. The fourth-order valence-corrected chi connectivity index (χ4v) is 2.53. The van der Waals surface area contributed by atoms with Crippen LogP contribution in [0.2, 0.25) is 0 Å². The summed E-state index contributed by atoms with van der Waals surface area (Å²) in [5, 5.41) is 8.42. The van der Waals surface area contributed by atoms with Crippen LogP contribution < -0.4 is 10.5 Å². The van der Waals surface area contributed by atoms with Crippen molar-refractivity contribution in [1.82, 2.24) is 0 Å². The van der Waals surface area contributed by atoms with Crippen molar-refractivity contribution in [2.75, 3.05) is 5.32 Å². The van der Waals surface area contributed by atoms with Crippen LogP contribution in [-0.4, -0.2) is 14.5 Å². The van der Waals surface area contributed by atoms with Gasteiger partial charge in [0.15, 0.2) is 0 Å². The van der Waals surface area contributed by atoms with Crippen molar-refractivity contribution < 1.29 is 8.42 Å². The maximum Gasteiger partial charge on any atom is 0.213 e. The van der Waals surface area contributed by atoms with Gasteiger partial charge < -0.3 is 5.32 Å². The van der Waals surface area contributed by atoms with E-state index in [0.717, 1.165) is 12.1 Å². The van der Waals surface area contributed by atoms with Gasteiger partial charge in [-0.25, -0.2) is 13.6 Å². The van der Waals surface area contributed by atoms with E-state index in [9.17, 15) is 8.42 Å². The molecule has 0 spiro atoms. The fraction of sp³-hybridized carbons (Fsp3) is 0.571. The Morgan fingerprint density at radius 2 is 1.68 bits per heavy atom. The van der Waals surface area contributed by atoms with Crippen molar-refractivity contribution in [3.63, 3.8) is 0 Å². The van der Waals surface area contributed by atoms with Gasteiger partial charge in [0.25, 0.3) is 0 Å². The number of anilines is 1. The molecule has 4 nitrogen and oxygen atoms in total. The van der Waals surface area contributed by atoms with E-state index in [4.69, 9.17) is 5.14 Å². The standard InChI is InChI=1S/C14H24N2O2S/c1-11(2)4-5-12(3)16-14-8-6-13(7-9-14)10-19(15,17)18/h6-9,11-12,16H,4-5,10H2,1-3H3,(H2,15,17,18). The first-order valence-electron chi connectivity index (χ1n) is 6.62. The van der Waals surface area contributed by atoms with Gasteiger partial charge in [0.2, 0.25) is 10.0 Å². The van der Waals surface area contributed by atoms with Crippen molar-refractivity contribution in [2.45, 2.75) is 45.4 Å². The minimum absolute atomic E-state index is 0.115. The summed E-state index contributed by atoms with van der Waals surface area (Å²) in [4.78, 5) is 0. The molecule has 1 aromatic carbocycles. The summed E-state index contributed by atoms with van der Waals surface area (Å²) in [5.41, 5.74) is 1.72. The molecule has 5 heteroatoms. The van der Waals surface area contributed by atoms with Gasteiger partial charge in [0.1, 0.15) is 0 Å². The minimum Gasteiger partial charge on any atom is -0.383 e. The normalized spacial score (nSPS) is 13.5. The van der Waals surface area contributed by atoms with Crippen molar-refractivity contribution in [1.29, 1.82) is 0 Å². The lowest BCUT2D eigenvalue weighted by Crippen LogP contribution is -2.16. The predicted octanol–water partition coefficient (Wildman–Crippen LogP) is 2.71. The molecule has 0 aromatic heterocycles. The molecule has 0 aliphatic heterocycles. The van der Waals surface area contributed by atoms with Crippen LogP contribution in [0.3, 0.4) is 0 Å². The van der Waals surface area contributed by atoms with Gasteiger partial charge in [-0.3, -0.25) is 0 Å². The monoisotopic (exact) mass is 284 g/mol. The molecule has 0 bridgehead atoms. The molecule has 1 unspecified atom stereocenters. The summed E-state index contributed by atoms with van der Waals surface area (Å²) in [6.45, 7) is 6.59. The van der Waals surface area contributed by atoms with Crippen molar-refractivity contribution in [2.24, 2.45) is 11.1 Å². The van der Waals surface area contributed by atoms with E-state index in [2.05, 4.69) is 26.1 Å². The van der Waals surface area contributed by atoms with E-state index in [1.54, 1.807) is 12.1 Å². The van der Waals surface area contributed by atoms with Gasteiger partial charge in [-0.05, 0) is 43.4 Å². The average molecular weight is 284 g/mol. The molecular weight excluding hydrogens is 260 g/mol. The van der Waals surface area contributed by atoms with Gasteiger partial charge in [0.05, 0.1) is 5.75 Å². The molecule has 108 valence electrons. The number of sulfonamides is 1. The third-order valence-corrected chi connectivity index (χ3v) is 3.65. The number of nitrogens with two attached hydrogens (primary N) is 1. The number of primary sulfonamides is 1. The van der Waals surface area contributed by atoms with Gasteiger partial charge in [-0.2, -0.15) is 0 Å². The Bertz CT molecular complexity index is 481.